The van der Waals surface area contributed by atoms with Crippen LogP contribution < -0.4 is 0 Å². The van der Waals surface area contributed by atoms with Crippen LogP contribution in [0.2, 0.25) is 0 Å². The maximum atomic E-state index is 2.43. The molecule has 140 valence electrons. The van der Waals surface area contributed by atoms with E-state index in [1.54, 1.807) is 0 Å². The van der Waals surface area contributed by atoms with Crippen molar-refractivity contribution in [1.29, 1.82) is 0 Å². The van der Waals surface area contributed by atoms with Crippen LogP contribution in [0.3, 0.4) is 0 Å². The van der Waals surface area contributed by atoms with E-state index < -0.39 is 0 Å². The number of hydrogen-bond donors (Lipinski definition) is 0. The van der Waals surface area contributed by atoms with Crippen molar-refractivity contribution in [3.63, 3.8) is 0 Å². The summed E-state index contributed by atoms with van der Waals surface area (Å²) in [5.41, 5.74) is 0. The molecular weight excluding hydrogens is 276 g/mol. The summed E-state index contributed by atoms with van der Waals surface area (Å²) in [7, 11) is 0. The molecule has 2 unspecified atom stereocenters. The van der Waals surface area contributed by atoms with Crippen molar-refractivity contribution in [3.05, 3.63) is 0 Å². The van der Waals surface area contributed by atoms with Gasteiger partial charge >= 0.3 is 0 Å². The maximum Gasteiger partial charge on any atom is -0.0386 e. The average molecular weight is 325 g/mol. The third kappa shape index (κ3) is 14.1. The van der Waals surface area contributed by atoms with Gasteiger partial charge in [0, 0.05) is 0 Å². The summed E-state index contributed by atoms with van der Waals surface area (Å²) in [6.45, 7) is 11.8. The first-order valence-corrected chi connectivity index (χ1v) is 11.2. The van der Waals surface area contributed by atoms with E-state index in [4.69, 9.17) is 0 Å². The molecule has 0 spiro atoms. The monoisotopic (exact) mass is 324 g/mol. The molecule has 0 aliphatic carbocycles. The van der Waals surface area contributed by atoms with E-state index in [1.807, 2.05) is 0 Å². The minimum absolute atomic E-state index is 0.883. The van der Waals surface area contributed by atoms with Gasteiger partial charge in [-0.1, -0.05) is 131 Å². The molecule has 0 heterocycles. The van der Waals surface area contributed by atoms with Gasteiger partial charge in [0.15, 0.2) is 0 Å². The Balaban J connectivity index is 4.13. The molecule has 0 nitrogen and oxygen atoms in total. The Labute approximate surface area is 149 Å². The van der Waals surface area contributed by atoms with Gasteiger partial charge in [-0.15, -0.1) is 0 Å². The van der Waals surface area contributed by atoms with Crippen molar-refractivity contribution in [2.24, 2.45) is 17.8 Å². The smallest absolute Gasteiger partial charge is 0.0386 e. The lowest BCUT2D eigenvalue weighted by Crippen LogP contribution is -2.15. The van der Waals surface area contributed by atoms with Gasteiger partial charge in [-0.2, -0.15) is 0 Å². The molecule has 0 aromatic heterocycles. The van der Waals surface area contributed by atoms with E-state index in [-0.39, 0.29) is 0 Å². The topological polar surface area (TPSA) is 0 Å². The summed E-state index contributed by atoms with van der Waals surface area (Å²) in [5, 5.41) is 0. The van der Waals surface area contributed by atoms with Crippen molar-refractivity contribution in [3.8, 4) is 0 Å². The number of hydrogen-bond acceptors (Lipinski definition) is 0. The second kappa shape index (κ2) is 16.8. The summed E-state index contributed by atoms with van der Waals surface area (Å²) in [4.78, 5) is 0. The molecule has 0 aromatic rings. The van der Waals surface area contributed by atoms with Crippen molar-refractivity contribution in [2.75, 3.05) is 0 Å². The summed E-state index contributed by atoms with van der Waals surface area (Å²) in [6.07, 6.45) is 21.8. The molecular formula is C23H48. The standard InChI is InChI=1S/C23H48/c1-6-9-11-12-13-14-19-23(20-16-15-17-21(4)5)22(8-3)18-10-7-2/h21-23H,6-20H2,1-5H3. The van der Waals surface area contributed by atoms with Gasteiger partial charge in [-0.25, -0.2) is 0 Å². The second-order valence-corrected chi connectivity index (χ2v) is 8.31. The lowest BCUT2D eigenvalue weighted by molar-refractivity contribution is 0.249. The molecule has 23 heavy (non-hydrogen) atoms. The molecule has 0 aliphatic heterocycles. The van der Waals surface area contributed by atoms with Crippen LogP contribution in [0.4, 0.5) is 0 Å². The van der Waals surface area contributed by atoms with Crippen molar-refractivity contribution < 1.29 is 0 Å². The van der Waals surface area contributed by atoms with Crippen LogP contribution >= 0.6 is 0 Å². The van der Waals surface area contributed by atoms with Crippen LogP contribution in [-0.2, 0) is 0 Å². The van der Waals surface area contributed by atoms with Gasteiger partial charge < -0.3 is 0 Å². The minimum atomic E-state index is 0.883. The Morgan fingerprint density at radius 3 is 1.52 bits per heavy atom. The Morgan fingerprint density at radius 2 is 0.957 bits per heavy atom. The van der Waals surface area contributed by atoms with Gasteiger partial charge in [-0.05, 0) is 17.8 Å². The molecule has 0 heteroatoms. The second-order valence-electron chi connectivity index (χ2n) is 8.31. The van der Waals surface area contributed by atoms with Gasteiger partial charge in [0.05, 0.1) is 0 Å². The zero-order valence-corrected chi connectivity index (χ0v) is 17.3. The van der Waals surface area contributed by atoms with Gasteiger partial charge in [0.2, 0.25) is 0 Å². The molecule has 0 saturated heterocycles. The van der Waals surface area contributed by atoms with Crippen molar-refractivity contribution in [1.82, 2.24) is 0 Å². The highest BCUT2D eigenvalue weighted by Gasteiger charge is 2.19. The highest BCUT2D eigenvalue weighted by molar-refractivity contribution is 4.70. The van der Waals surface area contributed by atoms with Gasteiger partial charge in [0.1, 0.15) is 0 Å². The normalized spacial score (nSPS) is 14.3. The first kappa shape index (κ1) is 23.0. The van der Waals surface area contributed by atoms with Crippen LogP contribution in [-0.4, -0.2) is 0 Å². The van der Waals surface area contributed by atoms with E-state index in [0.29, 0.717) is 0 Å². The Bertz CT molecular complexity index is 218. The van der Waals surface area contributed by atoms with E-state index in [9.17, 15) is 0 Å². The first-order valence-electron chi connectivity index (χ1n) is 11.2. The van der Waals surface area contributed by atoms with E-state index in [0.717, 1.165) is 17.8 Å². The highest BCUT2D eigenvalue weighted by Crippen LogP contribution is 2.31. The highest BCUT2D eigenvalue weighted by atomic mass is 14.2. The third-order valence-corrected chi connectivity index (χ3v) is 5.65. The molecule has 0 saturated carbocycles. The molecule has 0 aromatic carbocycles. The Kier molecular flexibility index (Phi) is 16.8. The summed E-state index contributed by atoms with van der Waals surface area (Å²) < 4.78 is 0. The predicted octanol–water partition coefficient (Wildman–Crippen LogP) is 8.79. The lowest BCUT2D eigenvalue weighted by Gasteiger charge is -2.27. The third-order valence-electron chi connectivity index (χ3n) is 5.65. The van der Waals surface area contributed by atoms with E-state index in [2.05, 4.69) is 34.6 Å². The molecule has 0 amide bonds. The van der Waals surface area contributed by atoms with Gasteiger partial charge in [-0.3, -0.25) is 0 Å². The fourth-order valence-electron chi connectivity index (χ4n) is 4.00. The average Bonchev–Trinajstić information content (AvgIpc) is 2.54. The predicted molar refractivity (Wildman–Crippen MR) is 108 cm³/mol. The van der Waals surface area contributed by atoms with Crippen LogP contribution in [0.25, 0.3) is 0 Å². The quantitative estimate of drug-likeness (QED) is 0.234. The summed E-state index contributed by atoms with van der Waals surface area (Å²) in [5.74, 6) is 2.91. The maximum absolute atomic E-state index is 2.43. The molecule has 0 radical (unpaired) electrons. The van der Waals surface area contributed by atoms with Gasteiger partial charge in [0.25, 0.3) is 0 Å². The fourth-order valence-corrected chi connectivity index (χ4v) is 4.00. The molecule has 0 rings (SSSR count). The number of rotatable bonds is 17. The largest absolute Gasteiger partial charge is 0.0654 e. The molecule has 0 bridgehead atoms. The SMILES string of the molecule is CCCCCCCCC(CCCCC(C)C)C(CC)CCCC. The molecule has 0 N–H and O–H groups in total. The zero-order chi connectivity index (χ0) is 17.3. The zero-order valence-electron chi connectivity index (χ0n) is 17.3. The first-order chi connectivity index (χ1) is 11.2. The van der Waals surface area contributed by atoms with Crippen LogP contribution in [0.5, 0.6) is 0 Å². The van der Waals surface area contributed by atoms with E-state index >= 15 is 0 Å². The number of unbranched alkanes of at least 4 members (excludes halogenated alkanes) is 7. The van der Waals surface area contributed by atoms with Crippen molar-refractivity contribution >= 4 is 0 Å². The molecule has 0 fully saturated rings. The molecule has 0 aliphatic rings. The Hall–Kier alpha value is 0. The van der Waals surface area contributed by atoms with Crippen LogP contribution in [0.15, 0.2) is 0 Å². The summed E-state index contributed by atoms with van der Waals surface area (Å²) in [6, 6.07) is 0. The lowest BCUT2D eigenvalue weighted by atomic mass is 9.79. The molecule has 2 atom stereocenters. The minimum Gasteiger partial charge on any atom is -0.0654 e. The Morgan fingerprint density at radius 1 is 0.478 bits per heavy atom. The van der Waals surface area contributed by atoms with E-state index in [1.165, 1.54) is 96.3 Å². The fraction of sp³-hybridized carbons (Fsp3) is 1.00. The van der Waals surface area contributed by atoms with Crippen LogP contribution in [0.1, 0.15) is 131 Å². The summed E-state index contributed by atoms with van der Waals surface area (Å²) >= 11 is 0. The van der Waals surface area contributed by atoms with Crippen molar-refractivity contribution in [2.45, 2.75) is 131 Å². The van der Waals surface area contributed by atoms with Crippen LogP contribution in [0, 0.1) is 17.8 Å².